The van der Waals surface area contributed by atoms with Crippen LogP contribution in [0.1, 0.15) is 57.4 Å². The number of likely N-dealkylation sites (tertiary alicyclic amines) is 1. The van der Waals surface area contributed by atoms with Crippen molar-refractivity contribution < 1.29 is 9.53 Å². The molecule has 1 atom stereocenters. The van der Waals surface area contributed by atoms with Gasteiger partial charge in [0.05, 0.1) is 5.60 Å². The highest BCUT2D eigenvalue weighted by Crippen LogP contribution is 2.31. The average Bonchev–Trinajstić information content (AvgIpc) is 3.17. The molecule has 1 aliphatic carbocycles. The molecule has 2 fully saturated rings. The van der Waals surface area contributed by atoms with Crippen LogP contribution in [0.3, 0.4) is 0 Å². The summed E-state index contributed by atoms with van der Waals surface area (Å²) in [6.07, 6.45) is 8.58. The van der Waals surface area contributed by atoms with E-state index in [0.29, 0.717) is 12.3 Å². The first-order valence-corrected chi connectivity index (χ1v) is 12.0. The van der Waals surface area contributed by atoms with Crippen LogP contribution in [0.5, 0.6) is 0 Å². The minimum atomic E-state index is -0.0660. The number of nitrogens with one attached hydrogen (secondary N) is 2. The van der Waals surface area contributed by atoms with Gasteiger partial charge in [0, 0.05) is 52.2 Å². The number of benzene rings is 1. The molecule has 1 heterocycles. The maximum absolute atomic E-state index is 12.4. The van der Waals surface area contributed by atoms with E-state index in [1.807, 2.05) is 18.0 Å². The molecule has 2 N–H and O–H groups in total. The van der Waals surface area contributed by atoms with Gasteiger partial charge in [-0.3, -0.25) is 9.79 Å². The molecule has 1 unspecified atom stereocenters. The van der Waals surface area contributed by atoms with Crippen LogP contribution in [-0.4, -0.2) is 62.2 Å². The molecule has 31 heavy (non-hydrogen) atoms. The summed E-state index contributed by atoms with van der Waals surface area (Å²) in [6, 6.07) is 10.4. The van der Waals surface area contributed by atoms with Crippen LogP contribution >= 0.6 is 0 Å². The fourth-order valence-corrected chi connectivity index (χ4v) is 4.71. The zero-order valence-corrected chi connectivity index (χ0v) is 19.4. The van der Waals surface area contributed by atoms with Crippen molar-refractivity contribution in [2.75, 3.05) is 39.8 Å². The third-order valence-electron chi connectivity index (χ3n) is 6.54. The highest BCUT2D eigenvalue weighted by Gasteiger charge is 2.33. The van der Waals surface area contributed by atoms with E-state index in [1.54, 1.807) is 0 Å². The maximum atomic E-state index is 12.4. The second-order valence-electron chi connectivity index (χ2n) is 9.04. The number of rotatable bonds is 10. The number of carbonyl (C=O) groups excluding carboxylic acids is 1. The van der Waals surface area contributed by atoms with Crippen LogP contribution in [0.2, 0.25) is 0 Å². The molecule has 2 aliphatic rings. The van der Waals surface area contributed by atoms with Gasteiger partial charge in [-0.15, -0.1) is 0 Å². The van der Waals surface area contributed by atoms with Crippen LogP contribution in [-0.2, 0) is 16.0 Å². The Balaban J connectivity index is 1.42. The summed E-state index contributed by atoms with van der Waals surface area (Å²) in [6.45, 7) is 6.14. The summed E-state index contributed by atoms with van der Waals surface area (Å²) in [5.74, 6) is 1.39. The second kappa shape index (κ2) is 12.1. The number of carbonyl (C=O) groups is 1. The Morgan fingerprint density at radius 2 is 1.97 bits per heavy atom. The van der Waals surface area contributed by atoms with Crippen molar-refractivity contribution in [3.8, 4) is 0 Å². The summed E-state index contributed by atoms with van der Waals surface area (Å²) < 4.78 is 6.29. The van der Waals surface area contributed by atoms with Gasteiger partial charge in [-0.1, -0.05) is 56.5 Å². The van der Waals surface area contributed by atoms with E-state index in [-0.39, 0.29) is 11.5 Å². The summed E-state index contributed by atoms with van der Waals surface area (Å²) in [7, 11) is 1.81. The summed E-state index contributed by atoms with van der Waals surface area (Å²) in [4.78, 5) is 18.8. The van der Waals surface area contributed by atoms with Crippen molar-refractivity contribution >= 4 is 11.9 Å². The molecular weight excluding hydrogens is 388 g/mol. The summed E-state index contributed by atoms with van der Waals surface area (Å²) >= 11 is 0. The summed E-state index contributed by atoms with van der Waals surface area (Å²) in [5, 5.41) is 6.94. The smallest absolute Gasteiger partial charge is 0.223 e. The molecule has 172 valence electrons. The van der Waals surface area contributed by atoms with Gasteiger partial charge in [0.2, 0.25) is 5.91 Å². The topological polar surface area (TPSA) is 66.0 Å². The highest BCUT2D eigenvalue weighted by molar-refractivity contribution is 5.81. The third kappa shape index (κ3) is 7.23. The fraction of sp³-hybridized carbons (Fsp3) is 0.680. The Kier molecular flexibility index (Phi) is 9.19. The van der Waals surface area contributed by atoms with Crippen molar-refractivity contribution in [1.29, 1.82) is 0 Å². The quantitative estimate of drug-likeness (QED) is 0.443. The van der Waals surface area contributed by atoms with E-state index in [4.69, 9.17) is 4.74 Å². The molecule has 0 radical (unpaired) electrons. The molecule has 0 spiro atoms. The first-order valence-electron chi connectivity index (χ1n) is 12.0. The summed E-state index contributed by atoms with van der Waals surface area (Å²) in [5.41, 5.74) is 1.21. The van der Waals surface area contributed by atoms with Crippen LogP contribution in [0.25, 0.3) is 0 Å². The zero-order chi connectivity index (χ0) is 21.9. The van der Waals surface area contributed by atoms with Crippen LogP contribution in [0.15, 0.2) is 35.3 Å². The number of amides is 1. The highest BCUT2D eigenvalue weighted by atomic mass is 16.5. The maximum Gasteiger partial charge on any atom is 0.223 e. The Morgan fingerprint density at radius 1 is 1.19 bits per heavy atom. The van der Waals surface area contributed by atoms with Gasteiger partial charge in [-0.25, -0.2) is 0 Å². The number of nitrogens with zero attached hydrogens (tertiary/aromatic N) is 2. The molecule has 0 bridgehead atoms. The molecule has 6 heteroatoms. The largest absolute Gasteiger partial charge is 0.373 e. The zero-order valence-electron chi connectivity index (χ0n) is 19.4. The molecule has 6 nitrogen and oxygen atoms in total. The molecule has 1 amide bonds. The second-order valence-corrected chi connectivity index (χ2v) is 9.04. The Labute approximate surface area is 187 Å². The number of guanidine groups is 1. The Hall–Kier alpha value is -2.08. The fourth-order valence-electron chi connectivity index (χ4n) is 4.71. The van der Waals surface area contributed by atoms with E-state index >= 15 is 0 Å². The van der Waals surface area contributed by atoms with Crippen LogP contribution < -0.4 is 10.6 Å². The Bertz CT molecular complexity index is 701. The molecule has 0 aromatic heterocycles. The third-order valence-corrected chi connectivity index (χ3v) is 6.54. The van der Waals surface area contributed by atoms with Gasteiger partial charge in [0.1, 0.15) is 0 Å². The van der Waals surface area contributed by atoms with Gasteiger partial charge in [-0.05, 0) is 31.2 Å². The molecule has 1 aromatic rings. The van der Waals surface area contributed by atoms with E-state index in [0.717, 1.165) is 64.4 Å². The molecule has 1 saturated heterocycles. The average molecular weight is 429 g/mol. The normalized spacial score (nSPS) is 21.4. The minimum Gasteiger partial charge on any atom is -0.373 e. The monoisotopic (exact) mass is 428 g/mol. The first kappa shape index (κ1) is 23.6. The van der Waals surface area contributed by atoms with Crippen LogP contribution in [0.4, 0.5) is 0 Å². The van der Waals surface area contributed by atoms with Crippen molar-refractivity contribution in [3.05, 3.63) is 35.9 Å². The van der Waals surface area contributed by atoms with E-state index in [9.17, 15) is 4.79 Å². The van der Waals surface area contributed by atoms with E-state index < -0.39 is 0 Å². The minimum absolute atomic E-state index is 0.0660. The number of hydrogen-bond acceptors (Lipinski definition) is 3. The van der Waals surface area contributed by atoms with E-state index in [1.165, 1.54) is 24.8 Å². The predicted molar refractivity (Wildman–Crippen MR) is 126 cm³/mol. The first-order chi connectivity index (χ1) is 15.1. The number of hydrogen-bond donors (Lipinski definition) is 2. The standard InChI is InChI=1S/C25H40N4O2/c1-3-16-31-25(13-8-5-9-14-25)20-28-24(26-2)27-18-22-17-23(30)29(19-22)15-12-21-10-6-4-7-11-21/h4,6-7,10-11,22H,3,5,8-9,12-20H2,1-2H3,(H2,26,27,28). The van der Waals surface area contributed by atoms with E-state index in [2.05, 4.69) is 46.8 Å². The SMILES string of the molecule is CCCOC1(CNC(=NC)NCC2CC(=O)N(CCc3ccccc3)C2)CCCCC1. The predicted octanol–water partition coefficient (Wildman–Crippen LogP) is 3.37. The van der Waals surface area contributed by atoms with Crippen molar-refractivity contribution in [3.63, 3.8) is 0 Å². The lowest BCUT2D eigenvalue weighted by molar-refractivity contribution is -0.127. The van der Waals surface area contributed by atoms with Gasteiger partial charge < -0.3 is 20.3 Å². The number of aliphatic imine (C=N–C) groups is 1. The lowest BCUT2D eigenvalue weighted by Crippen LogP contribution is -2.50. The van der Waals surface area contributed by atoms with Gasteiger partial charge in [-0.2, -0.15) is 0 Å². The van der Waals surface area contributed by atoms with Crippen molar-refractivity contribution in [2.45, 2.75) is 63.9 Å². The number of ether oxygens (including phenoxy) is 1. The molecule has 1 aromatic carbocycles. The lowest BCUT2D eigenvalue weighted by atomic mass is 9.84. The Morgan fingerprint density at radius 3 is 2.68 bits per heavy atom. The van der Waals surface area contributed by atoms with Crippen molar-refractivity contribution in [2.24, 2.45) is 10.9 Å². The molecule has 3 rings (SSSR count). The molecular formula is C25H40N4O2. The molecule has 1 saturated carbocycles. The lowest BCUT2D eigenvalue weighted by Gasteiger charge is -2.37. The van der Waals surface area contributed by atoms with Gasteiger partial charge >= 0.3 is 0 Å². The van der Waals surface area contributed by atoms with Gasteiger partial charge in [0.25, 0.3) is 0 Å². The van der Waals surface area contributed by atoms with Crippen molar-refractivity contribution in [1.82, 2.24) is 15.5 Å². The van der Waals surface area contributed by atoms with Crippen LogP contribution in [0, 0.1) is 5.92 Å². The molecule has 1 aliphatic heterocycles. The van der Waals surface area contributed by atoms with Gasteiger partial charge in [0.15, 0.2) is 5.96 Å².